The monoisotopic (exact) mass is 575 g/mol. The Balaban J connectivity index is 1.52. The van der Waals surface area contributed by atoms with Gasteiger partial charge in [-0.2, -0.15) is 0 Å². The second-order valence-electron chi connectivity index (χ2n) is 7.98. The van der Waals surface area contributed by atoms with Gasteiger partial charge in [0, 0.05) is 5.75 Å². The molecule has 0 radical (unpaired) electrons. The maximum absolute atomic E-state index is 14.0. The molecule has 0 bridgehead atoms. The number of Topliss-reactive ketones (excluding diaryl/α,β-unsaturated/α-hetero) is 1. The van der Waals surface area contributed by atoms with E-state index in [-0.39, 0.29) is 32.3 Å². The van der Waals surface area contributed by atoms with Gasteiger partial charge in [0.15, 0.2) is 15.9 Å². The van der Waals surface area contributed by atoms with E-state index in [4.69, 9.17) is 27.6 Å². The molecule has 2 aromatic carbocycles. The number of hydrogen-bond acceptors (Lipinski definition) is 8. The Hall–Kier alpha value is -3.18. The van der Waals surface area contributed by atoms with Crippen molar-refractivity contribution in [3.8, 4) is 0 Å². The average Bonchev–Trinajstić information content (AvgIpc) is 3.59. The van der Waals surface area contributed by atoms with Crippen molar-refractivity contribution in [1.29, 1.82) is 0 Å². The molecule has 1 aliphatic rings. The van der Waals surface area contributed by atoms with E-state index in [1.165, 1.54) is 40.9 Å². The van der Waals surface area contributed by atoms with Gasteiger partial charge >= 0.3 is 0 Å². The molecule has 0 spiro atoms. The summed E-state index contributed by atoms with van der Waals surface area (Å²) in [6, 6.07) is 13.1. The Morgan fingerprint density at radius 1 is 1.16 bits per heavy atom. The van der Waals surface area contributed by atoms with E-state index in [0.717, 1.165) is 11.3 Å². The Bertz CT molecular complexity index is 1570. The molecule has 1 amide bonds. The van der Waals surface area contributed by atoms with Crippen LogP contribution >= 0.6 is 46.3 Å². The maximum atomic E-state index is 14.0. The highest BCUT2D eigenvalue weighted by Crippen LogP contribution is 2.45. The number of benzene rings is 2. The number of aliphatic hydroxyl groups is 1. The molecule has 1 N–H and O–H groups in total. The SMILES string of the molecule is Cc1ccc(C(=O)C2=C(O)C(=O)N(c3nnc(SCc4ccccc4F)s3)C2c2ccc(Cl)c(Cl)c2)o1. The molecule has 1 atom stereocenters. The fourth-order valence-electron chi connectivity index (χ4n) is 3.83. The molecule has 1 unspecified atom stereocenters. The number of carbonyl (C=O) groups excluding carboxylic acids is 2. The van der Waals surface area contributed by atoms with Crippen molar-refractivity contribution in [2.24, 2.45) is 0 Å². The number of rotatable bonds is 7. The Labute approximate surface area is 228 Å². The molecule has 0 fully saturated rings. The van der Waals surface area contributed by atoms with Gasteiger partial charge in [-0.15, -0.1) is 10.2 Å². The van der Waals surface area contributed by atoms with Crippen LogP contribution in [-0.2, 0) is 10.5 Å². The number of carbonyl (C=O) groups is 2. The van der Waals surface area contributed by atoms with Crippen molar-refractivity contribution >= 4 is 63.1 Å². The van der Waals surface area contributed by atoms with Crippen molar-refractivity contribution in [2.45, 2.75) is 23.1 Å². The number of nitrogens with zero attached hydrogens (tertiary/aromatic N) is 3. The number of aromatic nitrogens is 2. The van der Waals surface area contributed by atoms with E-state index in [0.29, 0.717) is 27.0 Å². The summed E-state index contributed by atoms with van der Waals surface area (Å²) < 4.78 is 19.9. The van der Waals surface area contributed by atoms with Crippen LogP contribution in [0.2, 0.25) is 10.0 Å². The summed E-state index contributed by atoms with van der Waals surface area (Å²) in [5.74, 6) is -1.78. The van der Waals surface area contributed by atoms with E-state index < -0.39 is 23.5 Å². The molecule has 0 saturated heterocycles. The van der Waals surface area contributed by atoms with Crippen molar-refractivity contribution < 1.29 is 23.5 Å². The van der Waals surface area contributed by atoms with Gasteiger partial charge < -0.3 is 9.52 Å². The molecule has 2 aromatic heterocycles. The van der Waals surface area contributed by atoms with Crippen LogP contribution in [0.1, 0.15) is 33.5 Å². The summed E-state index contributed by atoms with van der Waals surface area (Å²) in [4.78, 5) is 27.9. The number of furan rings is 1. The summed E-state index contributed by atoms with van der Waals surface area (Å²) in [6.45, 7) is 1.68. The quantitative estimate of drug-likeness (QED) is 0.144. The third-order valence-electron chi connectivity index (χ3n) is 5.59. The van der Waals surface area contributed by atoms with Gasteiger partial charge in [0.05, 0.1) is 21.7 Å². The maximum Gasteiger partial charge on any atom is 0.296 e. The third-order valence-corrected chi connectivity index (χ3v) is 8.43. The number of anilines is 1. The molecule has 1 aliphatic heterocycles. The molecule has 5 rings (SSSR count). The molecule has 0 aliphatic carbocycles. The minimum absolute atomic E-state index is 0.0304. The molecule has 3 heterocycles. The standard InChI is InChI=1S/C25H16Cl2FN3O4S2/c1-12-6-9-18(35-12)21(32)19-20(13-7-8-15(26)16(27)10-13)31(23(34)22(19)33)24-29-30-25(37-24)36-11-14-4-2-3-5-17(14)28/h2-10,20,33H,11H2,1H3. The van der Waals surface area contributed by atoms with Gasteiger partial charge in [-0.25, -0.2) is 4.39 Å². The largest absolute Gasteiger partial charge is 0.503 e. The first-order valence-corrected chi connectivity index (χ1v) is 13.3. The molecular weight excluding hydrogens is 560 g/mol. The fourth-order valence-corrected chi connectivity index (χ4v) is 6.00. The number of hydrogen-bond donors (Lipinski definition) is 1. The highest BCUT2D eigenvalue weighted by molar-refractivity contribution is 8.00. The lowest BCUT2D eigenvalue weighted by Gasteiger charge is -2.24. The van der Waals surface area contributed by atoms with Crippen molar-refractivity contribution in [2.75, 3.05) is 4.90 Å². The lowest BCUT2D eigenvalue weighted by Crippen LogP contribution is -2.31. The number of ketones is 1. The number of halogens is 3. The van der Waals surface area contributed by atoms with Crippen LogP contribution in [0.25, 0.3) is 0 Å². The van der Waals surface area contributed by atoms with Crippen LogP contribution in [0.4, 0.5) is 9.52 Å². The van der Waals surface area contributed by atoms with E-state index >= 15 is 0 Å². The molecule has 188 valence electrons. The van der Waals surface area contributed by atoms with Crippen molar-refractivity contribution in [1.82, 2.24) is 10.2 Å². The Kier molecular flexibility index (Phi) is 7.09. The van der Waals surface area contributed by atoms with E-state index in [1.54, 1.807) is 37.3 Å². The lowest BCUT2D eigenvalue weighted by molar-refractivity contribution is -0.117. The molecular formula is C25H16Cl2FN3O4S2. The van der Waals surface area contributed by atoms with E-state index in [9.17, 15) is 19.1 Å². The average molecular weight is 576 g/mol. The van der Waals surface area contributed by atoms with Crippen LogP contribution in [0.15, 0.2) is 74.7 Å². The second-order valence-corrected chi connectivity index (χ2v) is 11.0. The predicted molar refractivity (Wildman–Crippen MR) is 140 cm³/mol. The first-order chi connectivity index (χ1) is 17.7. The normalized spacial score (nSPS) is 15.6. The van der Waals surface area contributed by atoms with Crippen molar-refractivity contribution in [3.05, 3.63) is 104 Å². The molecule has 12 heteroatoms. The van der Waals surface area contributed by atoms with Gasteiger partial charge in [-0.1, -0.05) is 70.6 Å². The van der Waals surface area contributed by atoms with Crippen LogP contribution in [0, 0.1) is 12.7 Å². The van der Waals surface area contributed by atoms with Gasteiger partial charge in [0.25, 0.3) is 5.91 Å². The van der Waals surface area contributed by atoms with Gasteiger partial charge in [-0.3, -0.25) is 14.5 Å². The zero-order valence-electron chi connectivity index (χ0n) is 18.9. The molecule has 0 saturated carbocycles. The summed E-state index contributed by atoms with van der Waals surface area (Å²) in [5.41, 5.74) is 0.735. The zero-order chi connectivity index (χ0) is 26.3. The van der Waals surface area contributed by atoms with Crippen LogP contribution < -0.4 is 4.90 Å². The number of thioether (sulfide) groups is 1. The van der Waals surface area contributed by atoms with Gasteiger partial charge in [-0.05, 0) is 48.4 Å². The topological polar surface area (TPSA) is 96.5 Å². The van der Waals surface area contributed by atoms with Crippen molar-refractivity contribution in [3.63, 3.8) is 0 Å². The Morgan fingerprint density at radius 2 is 1.95 bits per heavy atom. The smallest absolute Gasteiger partial charge is 0.296 e. The summed E-state index contributed by atoms with van der Waals surface area (Å²) in [5, 5.41) is 19.7. The minimum Gasteiger partial charge on any atom is -0.503 e. The zero-order valence-corrected chi connectivity index (χ0v) is 22.1. The third kappa shape index (κ3) is 4.89. The predicted octanol–water partition coefficient (Wildman–Crippen LogP) is 6.96. The summed E-state index contributed by atoms with van der Waals surface area (Å²) >= 11 is 14.7. The second kappa shape index (κ2) is 10.3. The highest BCUT2D eigenvalue weighted by atomic mass is 35.5. The fraction of sp³-hybridized carbons (Fsp3) is 0.120. The molecule has 4 aromatic rings. The van der Waals surface area contributed by atoms with Crippen LogP contribution in [0.3, 0.4) is 0 Å². The summed E-state index contributed by atoms with van der Waals surface area (Å²) in [7, 11) is 0. The number of aryl methyl sites for hydroxylation is 1. The van der Waals surface area contributed by atoms with E-state index in [2.05, 4.69) is 10.2 Å². The lowest BCUT2D eigenvalue weighted by atomic mass is 9.95. The highest BCUT2D eigenvalue weighted by Gasteiger charge is 2.46. The van der Waals surface area contributed by atoms with E-state index in [1.807, 2.05) is 0 Å². The first kappa shape index (κ1) is 25.5. The minimum atomic E-state index is -1.07. The Morgan fingerprint density at radius 3 is 2.65 bits per heavy atom. The number of aliphatic hydroxyl groups excluding tert-OH is 1. The van der Waals surface area contributed by atoms with Gasteiger partial charge in [0.2, 0.25) is 10.9 Å². The number of amides is 1. The summed E-state index contributed by atoms with van der Waals surface area (Å²) in [6.07, 6.45) is 0. The molecule has 7 nitrogen and oxygen atoms in total. The first-order valence-electron chi connectivity index (χ1n) is 10.8. The van der Waals surface area contributed by atoms with Crippen LogP contribution in [-0.4, -0.2) is 27.0 Å². The molecule has 37 heavy (non-hydrogen) atoms. The van der Waals surface area contributed by atoms with Gasteiger partial charge in [0.1, 0.15) is 11.6 Å². The van der Waals surface area contributed by atoms with Crippen LogP contribution in [0.5, 0.6) is 0 Å².